The van der Waals surface area contributed by atoms with E-state index >= 15 is 0 Å². The molecule has 0 heterocycles. The molecule has 0 spiro atoms. The van der Waals surface area contributed by atoms with Crippen LogP contribution in [0.15, 0.2) is 224 Å². The fraction of sp³-hybridized carbons (Fsp3) is 0. The van der Waals surface area contributed by atoms with Crippen LogP contribution in [0.1, 0.15) is 0 Å². The largest absolute Gasteiger partial charge is 0.310 e. The topological polar surface area (TPSA) is 3.24 Å². The molecule has 0 saturated carbocycles. The number of benzene rings is 11. The van der Waals surface area contributed by atoms with Crippen molar-refractivity contribution < 1.29 is 0 Å². The normalized spacial score (nSPS) is 11.5. The lowest BCUT2D eigenvalue weighted by Gasteiger charge is -2.28. The number of nitrogens with zero attached hydrogens (tertiary/aromatic N) is 1. The number of fused-ring (bicyclic) bond motifs is 7. The van der Waals surface area contributed by atoms with Crippen LogP contribution >= 0.6 is 0 Å². The lowest BCUT2D eigenvalue weighted by atomic mass is 9.85. The zero-order chi connectivity index (χ0) is 37.7. The zero-order valence-corrected chi connectivity index (χ0v) is 31.3. The van der Waals surface area contributed by atoms with E-state index in [-0.39, 0.29) is 0 Å². The highest BCUT2D eigenvalue weighted by Crippen LogP contribution is 2.48. The number of hydrogen-bond acceptors (Lipinski definition) is 1. The van der Waals surface area contributed by atoms with E-state index < -0.39 is 0 Å². The van der Waals surface area contributed by atoms with Gasteiger partial charge in [-0.2, -0.15) is 0 Å². The molecule has 0 unspecified atom stereocenters. The second kappa shape index (κ2) is 13.7. The van der Waals surface area contributed by atoms with Gasteiger partial charge in [0.1, 0.15) is 0 Å². The van der Waals surface area contributed by atoms with Gasteiger partial charge < -0.3 is 4.90 Å². The number of anilines is 3. The van der Waals surface area contributed by atoms with Crippen LogP contribution in [-0.4, -0.2) is 0 Å². The van der Waals surface area contributed by atoms with Gasteiger partial charge in [-0.3, -0.25) is 0 Å². The molecule has 0 aromatic heterocycles. The smallest absolute Gasteiger partial charge is 0.0540 e. The predicted molar refractivity (Wildman–Crippen MR) is 245 cm³/mol. The highest BCUT2D eigenvalue weighted by atomic mass is 15.1. The Kier molecular flexibility index (Phi) is 7.89. The highest BCUT2D eigenvalue weighted by molar-refractivity contribution is 6.22. The first-order valence-corrected chi connectivity index (χ1v) is 19.7. The van der Waals surface area contributed by atoms with Gasteiger partial charge in [0.05, 0.1) is 5.69 Å². The minimum absolute atomic E-state index is 1.10. The second-order valence-corrected chi connectivity index (χ2v) is 14.9. The molecule has 57 heavy (non-hydrogen) atoms. The van der Waals surface area contributed by atoms with E-state index in [1.807, 2.05) is 0 Å². The molecule has 0 aliphatic rings. The summed E-state index contributed by atoms with van der Waals surface area (Å²) in [6, 6.07) is 82.2. The Balaban J connectivity index is 1.22. The molecule has 0 aliphatic carbocycles. The summed E-state index contributed by atoms with van der Waals surface area (Å²) in [6.07, 6.45) is 0. The summed E-state index contributed by atoms with van der Waals surface area (Å²) in [5, 5.41) is 12.4. The van der Waals surface area contributed by atoms with Gasteiger partial charge in [-0.1, -0.05) is 188 Å². The van der Waals surface area contributed by atoms with Crippen LogP contribution in [0.4, 0.5) is 17.1 Å². The van der Waals surface area contributed by atoms with Crippen molar-refractivity contribution in [3.05, 3.63) is 224 Å². The average Bonchev–Trinajstić information content (AvgIpc) is 3.29. The molecule has 1 nitrogen and oxygen atoms in total. The van der Waals surface area contributed by atoms with Gasteiger partial charge in [-0.15, -0.1) is 0 Å². The van der Waals surface area contributed by atoms with Crippen LogP contribution in [0.3, 0.4) is 0 Å². The van der Waals surface area contributed by atoms with Crippen molar-refractivity contribution in [2.75, 3.05) is 4.90 Å². The molecule has 266 valence electrons. The van der Waals surface area contributed by atoms with Crippen molar-refractivity contribution in [2.45, 2.75) is 0 Å². The maximum absolute atomic E-state index is 2.47. The molecule has 0 N–H and O–H groups in total. The Morgan fingerprint density at radius 1 is 0.228 bits per heavy atom. The maximum atomic E-state index is 2.47. The van der Waals surface area contributed by atoms with Crippen LogP contribution in [0.25, 0.3) is 87.2 Å². The molecule has 1 heteroatoms. The predicted octanol–water partition coefficient (Wildman–Crippen LogP) is 15.9. The van der Waals surface area contributed by atoms with Gasteiger partial charge in [-0.25, -0.2) is 0 Å². The first-order chi connectivity index (χ1) is 28.3. The first-order valence-electron chi connectivity index (χ1n) is 19.7. The van der Waals surface area contributed by atoms with E-state index in [1.165, 1.54) is 87.2 Å². The second-order valence-electron chi connectivity index (χ2n) is 14.9. The molecule has 0 saturated heterocycles. The third-order valence-corrected chi connectivity index (χ3v) is 11.6. The molecule has 0 amide bonds. The van der Waals surface area contributed by atoms with Crippen LogP contribution in [-0.2, 0) is 0 Å². The minimum atomic E-state index is 1.10. The van der Waals surface area contributed by atoms with Gasteiger partial charge in [0.15, 0.2) is 0 Å². The molecule has 0 bridgehead atoms. The fourth-order valence-corrected chi connectivity index (χ4v) is 8.97. The lowest BCUT2D eigenvalue weighted by molar-refractivity contribution is 1.30. The van der Waals surface area contributed by atoms with E-state index in [0.717, 1.165) is 17.1 Å². The summed E-state index contributed by atoms with van der Waals surface area (Å²) >= 11 is 0. The summed E-state index contributed by atoms with van der Waals surface area (Å²) in [5.74, 6) is 0. The summed E-state index contributed by atoms with van der Waals surface area (Å²) in [6.45, 7) is 0. The molecule has 0 aliphatic heterocycles. The van der Waals surface area contributed by atoms with E-state index in [4.69, 9.17) is 0 Å². The van der Waals surface area contributed by atoms with Gasteiger partial charge >= 0.3 is 0 Å². The van der Waals surface area contributed by atoms with Crippen molar-refractivity contribution in [3.8, 4) is 33.4 Å². The molecular formula is C56H37N. The molecule has 0 radical (unpaired) electrons. The fourth-order valence-electron chi connectivity index (χ4n) is 8.97. The average molecular weight is 724 g/mol. The Bertz CT molecular complexity index is 3290. The Morgan fingerprint density at radius 2 is 0.737 bits per heavy atom. The maximum Gasteiger partial charge on any atom is 0.0540 e. The zero-order valence-electron chi connectivity index (χ0n) is 31.3. The molecule has 0 atom stereocenters. The van der Waals surface area contributed by atoms with Gasteiger partial charge in [0.2, 0.25) is 0 Å². The van der Waals surface area contributed by atoms with Gasteiger partial charge in [-0.05, 0) is 118 Å². The Labute approximate surface area is 332 Å². The Hall–Kier alpha value is -7.48. The summed E-state index contributed by atoms with van der Waals surface area (Å²) in [5.41, 5.74) is 10.6. The number of rotatable bonds is 6. The molecule has 11 aromatic rings. The van der Waals surface area contributed by atoms with Crippen LogP contribution < -0.4 is 4.90 Å². The summed E-state index contributed by atoms with van der Waals surface area (Å²) in [4.78, 5) is 2.47. The van der Waals surface area contributed by atoms with Crippen LogP contribution in [0.5, 0.6) is 0 Å². The first kappa shape index (κ1) is 32.9. The van der Waals surface area contributed by atoms with Crippen LogP contribution in [0.2, 0.25) is 0 Å². The van der Waals surface area contributed by atoms with Gasteiger partial charge in [0, 0.05) is 16.8 Å². The van der Waals surface area contributed by atoms with E-state index in [1.54, 1.807) is 0 Å². The van der Waals surface area contributed by atoms with E-state index in [0.29, 0.717) is 0 Å². The monoisotopic (exact) mass is 723 g/mol. The van der Waals surface area contributed by atoms with Gasteiger partial charge in [0.25, 0.3) is 0 Å². The van der Waals surface area contributed by atoms with Crippen molar-refractivity contribution >= 4 is 70.9 Å². The van der Waals surface area contributed by atoms with E-state index in [2.05, 4.69) is 229 Å². The molecule has 11 aromatic carbocycles. The quantitative estimate of drug-likeness (QED) is 0.154. The van der Waals surface area contributed by atoms with Crippen molar-refractivity contribution in [2.24, 2.45) is 0 Å². The SMILES string of the molecule is c1ccc(-c2c(-c3ccccc3)c3cc(N(c4cccc(-c5ccc6ccccc6c5)c4)c4cccc5c4ccc4ccccc45)ccc3c3ccccc23)cc1. The summed E-state index contributed by atoms with van der Waals surface area (Å²) in [7, 11) is 0. The third kappa shape index (κ3) is 5.63. The lowest BCUT2D eigenvalue weighted by Crippen LogP contribution is -2.11. The van der Waals surface area contributed by atoms with Crippen molar-refractivity contribution in [1.82, 2.24) is 0 Å². The summed E-state index contributed by atoms with van der Waals surface area (Å²) < 4.78 is 0. The number of hydrogen-bond donors (Lipinski definition) is 0. The van der Waals surface area contributed by atoms with Crippen molar-refractivity contribution in [1.29, 1.82) is 0 Å². The molecule has 11 rings (SSSR count). The molecule has 0 fully saturated rings. The standard InChI is InChI=1S/C56H37N/c1-3-17-40(18-4-1)55-52-26-12-11-25-49(52)50-34-32-46(37-53(50)56(55)41-19-5-2-6-20-41)57(54-28-14-27-48-47-24-10-9-16-39(47)31-33-51(48)54)45-23-13-22-43(36-45)44-30-29-38-15-7-8-21-42(38)35-44/h1-37H. The molecular weight excluding hydrogens is 687 g/mol. The Morgan fingerprint density at radius 3 is 1.53 bits per heavy atom. The van der Waals surface area contributed by atoms with E-state index in [9.17, 15) is 0 Å². The minimum Gasteiger partial charge on any atom is -0.310 e. The van der Waals surface area contributed by atoms with Crippen LogP contribution in [0, 0.1) is 0 Å². The third-order valence-electron chi connectivity index (χ3n) is 11.6. The highest BCUT2D eigenvalue weighted by Gasteiger charge is 2.22. The van der Waals surface area contributed by atoms with Crippen molar-refractivity contribution in [3.63, 3.8) is 0 Å².